The molecule has 1 aromatic heterocycles. The van der Waals surface area contributed by atoms with Crippen LogP contribution in [0.4, 0.5) is 5.13 Å². The van der Waals surface area contributed by atoms with E-state index in [2.05, 4.69) is 21.8 Å². The molecule has 1 saturated heterocycles. The summed E-state index contributed by atoms with van der Waals surface area (Å²) in [6.45, 7) is 0.991. The number of thiazole rings is 1. The summed E-state index contributed by atoms with van der Waals surface area (Å²) < 4.78 is 33.4. The molecule has 2 aliphatic rings. The summed E-state index contributed by atoms with van der Waals surface area (Å²) in [5.74, 6) is -0.123. The zero-order chi connectivity index (χ0) is 20.7. The van der Waals surface area contributed by atoms with Crippen molar-refractivity contribution in [3.63, 3.8) is 0 Å². The van der Waals surface area contributed by atoms with E-state index in [1.54, 1.807) is 17.5 Å². The van der Waals surface area contributed by atoms with Crippen LogP contribution < -0.4 is 4.72 Å². The smallest absolute Gasteiger partial charge is 0.263 e. The second-order valence-corrected chi connectivity index (χ2v) is 9.80. The highest BCUT2D eigenvalue weighted by atomic mass is 32.2. The third-order valence-electron chi connectivity index (χ3n) is 5.47. The lowest BCUT2D eigenvalue weighted by Gasteiger charge is -2.38. The van der Waals surface area contributed by atoms with Gasteiger partial charge >= 0.3 is 0 Å². The molecule has 2 aromatic carbocycles. The molecule has 30 heavy (non-hydrogen) atoms. The number of aromatic nitrogens is 1. The Kier molecular flexibility index (Phi) is 4.80. The number of hydrogen-bond donors (Lipinski definition) is 1. The van der Waals surface area contributed by atoms with Gasteiger partial charge in [-0.3, -0.25) is 9.52 Å². The minimum absolute atomic E-state index is 0.0396. The van der Waals surface area contributed by atoms with Crippen molar-refractivity contribution in [1.82, 2.24) is 9.88 Å². The van der Waals surface area contributed by atoms with E-state index in [0.29, 0.717) is 23.8 Å². The quantitative estimate of drug-likeness (QED) is 0.672. The van der Waals surface area contributed by atoms with Crippen LogP contribution in [0.15, 0.2) is 65.0 Å². The van der Waals surface area contributed by atoms with Gasteiger partial charge in [-0.1, -0.05) is 24.3 Å². The average Bonchev–Trinajstić information content (AvgIpc) is 3.40. The van der Waals surface area contributed by atoms with Crippen molar-refractivity contribution in [3.8, 4) is 0 Å². The molecule has 0 unspecified atom stereocenters. The van der Waals surface area contributed by atoms with Gasteiger partial charge in [-0.25, -0.2) is 13.4 Å². The lowest BCUT2D eigenvalue weighted by atomic mass is 10.0. The molecule has 3 aromatic rings. The second kappa shape index (κ2) is 7.50. The van der Waals surface area contributed by atoms with Gasteiger partial charge in [0.2, 0.25) is 0 Å². The number of anilines is 1. The molecule has 9 heteroatoms. The van der Waals surface area contributed by atoms with Gasteiger partial charge in [0.1, 0.15) is 0 Å². The molecule has 1 fully saturated rings. The maximum absolute atomic E-state index is 13.3. The van der Waals surface area contributed by atoms with Crippen LogP contribution in [0.1, 0.15) is 27.5 Å². The third kappa shape index (κ3) is 3.38. The Hall–Kier alpha value is -2.75. The molecule has 0 saturated carbocycles. The molecule has 7 nitrogen and oxygen atoms in total. The van der Waals surface area contributed by atoms with Crippen molar-refractivity contribution in [2.75, 3.05) is 17.9 Å². The number of morpholine rings is 1. The van der Waals surface area contributed by atoms with Crippen LogP contribution in [0, 0.1) is 0 Å². The number of benzene rings is 2. The molecule has 1 N–H and O–H groups in total. The van der Waals surface area contributed by atoms with Crippen molar-refractivity contribution in [2.24, 2.45) is 0 Å². The van der Waals surface area contributed by atoms with E-state index in [1.807, 2.05) is 17.0 Å². The Labute approximate surface area is 178 Å². The van der Waals surface area contributed by atoms with E-state index in [4.69, 9.17) is 4.74 Å². The summed E-state index contributed by atoms with van der Waals surface area (Å²) in [5, 5.41) is 1.99. The standard InChI is InChI=1S/C21H19N3O4S2/c25-20(24-10-11-28-18-13-15-3-1-2-4-17(15)19(18)24)14-5-7-16(8-6-14)30(26,27)23-21-22-9-12-29-21/h1-9,12,18-19H,10-11,13H2,(H,22,23)/t18-,19+/m1/s1. The highest BCUT2D eigenvalue weighted by molar-refractivity contribution is 7.93. The highest BCUT2D eigenvalue weighted by Crippen LogP contribution is 2.40. The number of nitrogens with zero attached hydrogens (tertiary/aromatic N) is 2. The summed E-state index contributed by atoms with van der Waals surface area (Å²) in [6.07, 6.45) is 2.29. The molecular formula is C21H19N3O4S2. The summed E-state index contributed by atoms with van der Waals surface area (Å²) in [6, 6.07) is 14.0. The normalized spacial score (nSPS) is 20.5. The highest BCUT2D eigenvalue weighted by Gasteiger charge is 2.42. The SMILES string of the molecule is O=C(c1ccc(S(=O)(=O)Nc2nccs2)cc1)N1CCO[C@@H]2Cc3ccccc3[C@@H]21. The first kappa shape index (κ1) is 19.2. The second-order valence-electron chi connectivity index (χ2n) is 7.22. The van der Waals surface area contributed by atoms with E-state index in [9.17, 15) is 13.2 Å². The molecule has 5 rings (SSSR count). The van der Waals surface area contributed by atoms with Crippen molar-refractivity contribution >= 4 is 32.4 Å². The van der Waals surface area contributed by atoms with Crippen molar-refractivity contribution < 1.29 is 17.9 Å². The van der Waals surface area contributed by atoms with Crippen molar-refractivity contribution in [2.45, 2.75) is 23.5 Å². The molecule has 0 bridgehead atoms. The zero-order valence-corrected chi connectivity index (χ0v) is 17.5. The summed E-state index contributed by atoms with van der Waals surface area (Å²) in [4.78, 5) is 19.1. The van der Waals surface area contributed by atoms with Crippen LogP contribution in [-0.4, -0.2) is 43.5 Å². The van der Waals surface area contributed by atoms with Crippen LogP contribution in [0.5, 0.6) is 0 Å². The minimum Gasteiger partial charge on any atom is -0.374 e. The van der Waals surface area contributed by atoms with Crippen molar-refractivity contribution in [1.29, 1.82) is 0 Å². The number of sulfonamides is 1. The molecule has 2 heterocycles. The fourth-order valence-electron chi connectivity index (χ4n) is 4.12. The molecule has 2 atom stereocenters. The van der Waals surface area contributed by atoms with Gasteiger partial charge in [-0.2, -0.15) is 0 Å². The van der Waals surface area contributed by atoms with Crippen LogP contribution in [0.3, 0.4) is 0 Å². The largest absolute Gasteiger partial charge is 0.374 e. The topological polar surface area (TPSA) is 88.6 Å². The van der Waals surface area contributed by atoms with E-state index >= 15 is 0 Å². The Balaban J connectivity index is 1.39. The van der Waals surface area contributed by atoms with E-state index < -0.39 is 10.0 Å². The molecule has 1 aliphatic heterocycles. The number of amides is 1. The lowest BCUT2D eigenvalue weighted by molar-refractivity contribution is -0.0516. The average molecular weight is 442 g/mol. The van der Waals surface area contributed by atoms with E-state index in [0.717, 1.165) is 12.0 Å². The van der Waals surface area contributed by atoms with E-state index in [-0.39, 0.29) is 22.9 Å². The van der Waals surface area contributed by atoms with Gasteiger partial charge in [0, 0.05) is 30.1 Å². The van der Waals surface area contributed by atoms with Gasteiger partial charge in [-0.15, -0.1) is 11.3 Å². The molecule has 0 radical (unpaired) electrons. The number of fused-ring (bicyclic) bond motifs is 3. The van der Waals surface area contributed by atoms with Gasteiger partial charge < -0.3 is 9.64 Å². The van der Waals surface area contributed by atoms with E-state index in [1.165, 1.54) is 35.2 Å². The Bertz CT molecular complexity index is 1180. The molecular weight excluding hydrogens is 422 g/mol. The Morgan fingerprint density at radius 1 is 1.17 bits per heavy atom. The molecule has 154 valence electrons. The van der Waals surface area contributed by atoms with Crippen molar-refractivity contribution in [3.05, 3.63) is 76.8 Å². The number of carbonyl (C=O) groups is 1. The van der Waals surface area contributed by atoms with Crippen LogP contribution in [-0.2, 0) is 21.2 Å². The van der Waals surface area contributed by atoms with Gasteiger partial charge in [-0.05, 0) is 35.4 Å². The number of nitrogens with one attached hydrogen (secondary N) is 1. The number of hydrogen-bond acceptors (Lipinski definition) is 6. The van der Waals surface area contributed by atoms with Crippen LogP contribution in [0.25, 0.3) is 0 Å². The summed E-state index contributed by atoms with van der Waals surface area (Å²) >= 11 is 1.20. The summed E-state index contributed by atoms with van der Waals surface area (Å²) in [5.41, 5.74) is 2.79. The molecule has 1 amide bonds. The van der Waals surface area contributed by atoms with Crippen LogP contribution >= 0.6 is 11.3 Å². The van der Waals surface area contributed by atoms with Crippen LogP contribution in [0.2, 0.25) is 0 Å². The van der Waals surface area contributed by atoms with Gasteiger partial charge in [0.15, 0.2) is 5.13 Å². The maximum Gasteiger partial charge on any atom is 0.263 e. The Morgan fingerprint density at radius 3 is 2.73 bits per heavy atom. The first-order chi connectivity index (χ1) is 14.5. The van der Waals surface area contributed by atoms with Gasteiger partial charge in [0.05, 0.1) is 23.6 Å². The number of ether oxygens (including phenoxy) is 1. The zero-order valence-electron chi connectivity index (χ0n) is 15.9. The maximum atomic E-state index is 13.3. The first-order valence-electron chi connectivity index (χ1n) is 9.56. The lowest BCUT2D eigenvalue weighted by Crippen LogP contribution is -2.46. The fourth-order valence-corrected chi connectivity index (χ4v) is 5.90. The predicted octanol–water partition coefficient (Wildman–Crippen LogP) is 3.08. The van der Waals surface area contributed by atoms with Gasteiger partial charge in [0.25, 0.3) is 15.9 Å². The summed E-state index contributed by atoms with van der Waals surface area (Å²) in [7, 11) is -3.75. The molecule has 0 spiro atoms. The minimum atomic E-state index is -3.75. The first-order valence-corrected chi connectivity index (χ1v) is 11.9. The third-order valence-corrected chi connectivity index (χ3v) is 7.65. The molecule has 1 aliphatic carbocycles. The number of rotatable bonds is 4. The fraction of sp³-hybridized carbons (Fsp3) is 0.238. The monoisotopic (exact) mass is 441 g/mol. The number of carbonyl (C=O) groups excluding carboxylic acids is 1. The Morgan fingerprint density at radius 2 is 1.97 bits per heavy atom. The predicted molar refractivity (Wildman–Crippen MR) is 113 cm³/mol.